The van der Waals surface area contributed by atoms with Gasteiger partial charge in [0.15, 0.2) is 0 Å². The molecule has 26 heavy (non-hydrogen) atoms. The van der Waals surface area contributed by atoms with Gasteiger partial charge in [-0.1, -0.05) is 0 Å². The molecule has 130 valence electrons. The van der Waals surface area contributed by atoms with Crippen LogP contribution < -0.4 is 11.5 Å². The van der Waals surface area contributed by atoms with Crippen molar-refractivity contribution in [1.29, 1.82) is 10.8 Å². The van der Waals surface area contributed by atoms with Crippen molar-refractivity contribution in [2.24, 2.45) is 11.5 Å². The summed E-state index contributed by atoms with van der Waals surface area (Å²) in [5.74, 6) is 0.226. The van der Waals surface area contributed by atoms with Crippen LogP contribution in [0.4, 0.5) is 0 Å². The van der Waals surface area contributed by atoms with Crippen LogP contribution in [-0.2, 0) is 0 Å². The van der Waals surface area contributed by atoms with Gasteiger partial charge in [-0.15, -0.1) is 45.3 Å². The number of hydrogen-bond donors (Lipinski definition) is 4. The molecule has 4 aromatic rings. The molecule has 0 spiro atoms. The quantitative estimate of drug-likeness (QED) is 0.256. The summed E-state index contributed by atoms with van der Waals surface area (Å²) < 4.78 is 0. The zero-order valence-corrected chi connectivity index (χ0v) is 16.7. The van der Waals surface area contributed by atoms with Crippen LogP contribution in [0, 0.1) is 10.8 Å². The van der Waals surface area contributed by atoms with Gasteiger partial charge in [0.1, 0.15) is 11.7 Å². The average Bonchev–Trinajstić information content (AvgIpc) is 3.40. The van der Waals surface area contributed by atoms with Gasteiger partial charge in [-0.05, 0) is 48.5 Å². The first-order chi connectivity index (χ1) is 12.5. The molecule has 0 bridgehead atoms. The fourth-order valence-electron chi connectivity index (χ4n) is 2.44. The molecule has 0 aromatic carbocycles. The summed E-state index contributed by atoms with van der Waals surface area (Å²) in [7, 11) is 0. The summed E-state index contributed by atoms with van der Waals surface area (Å²) in [4.78, 5) is 8.67. The molecule has 4 heterocycles. The lowest BCUT2D eigenvalue weighted by Crippen LogP contribution is -2.08. The maximum absolute atomic E-state index is 7.54. The van der Waals surface area contributed by atoms with Gasteiger partial charge in [-0.25, -0.2) is 0 Å². The van der Waals surface area contributed by atoms with Gasteiger partial charge in [0.25, 0.3) is 0 Å². The highest BCUT2D eigenvalue weighted by atomic mass is 32.1. The van der Waals surface area contributed by atoms with Crippen molar-refractivity contribution in [1.82, 2.24) is 0 Å². The molecule has 0 aliphatic rings. The molecule has 0 aliphatic heterocycles. The lowest BCUT2D eigenvalue weighted by Gasteiger charge is -1.92. The lowest BCUT2D eigenvalue weighted by atomic mass is 10.3. The van der Waals surface area contributed by atoms with Gasteiger partial charge >= 0.3 is 0 Å². The van der Waals surface area contributed by atoms with E-state index < -0.39 is 0 Å². The molecule has 0 radical (unpaired) electrons. The highest BCUT2D eigenvalue weighted by Crippen LogP contribution is 2.42. The van der Waals surface area contributed by atoms with Crippen LogP contribution in [0.2, 0.25) is 0 Å². The van der Waals surface area contributed by atoms with Crippen molar-refractivity contribution in [2.75, 3.05) is 0 Å². The number of rotatable bonds is 5. The summed E-state index contributed by atoms with van der Waals surface area (Å²) in [6, 6.07) is 16.3. The molecule has 4 rings (SSSR count). The molecule has 0 saturated heterocycles. The third kappa shape index (κ3) is 3.24. The zero-order valence-electron chi connectivity index (χ0n) is 13.4. The lowest BCUT2D eigenvalue weighted by molar-refractivity contribution is 1.45. The van der Waals surface area contributed by atoms with Crippen molar-refractivity contribution < 1.29 is 0 Å². The second-order valence-electron chi connectivity index (χ2n) is 5.48. The summed E-state index contributed by atoms with van der Waals surface area (Å²) in [5.41, 5.74) is 11.1. The van der Waals surface area contributed by atoms with E-state index in [0.717, 1.165) is 19.5 Å². The molecule has 0 amide bonds. The van der Waals surface area contributed by atoms with E-state index in [1.807, 2.05) is 24.3 Å². The molecule has 0 unspecified atom stereocenters. The van der Waals surface area contributed by atoms with Crippen LogP contribution >= 0.6 is 45.3 Å². The number of amidine groups is 2. The maximum atomic E-state index is 7.54. The molecule has 6 N–H and O–H groups in total. The van der Waals surface area contributed by atoms with Crippen molar-refractivity contribution in [2.45, 2.75) is 0 Å². The van der Waals surface area contributed by atoms with Gasteiger partial charge < -0.3 is 11.5 Å². The van der Waals surface area contributed by atoms with Crippen LogP contribution in [0.3, 0.4) is 0 Å². The van der Waals surface area contributed by atoms with Crippen LogP contribution in [-0.4, -0.2) is 11.7 Å². The predicted molar refractivity (Wildman–Crippen MR) is 116 cm³/mol. The van der Waals surface area contributed by atoms with E-state index in [1.165, 1.54) is 19.5 Å². The molecule has 8 heteroatoms. The summed E-state index contributed by atoms with van der Waals surface area (Å²) >= 11 is 6.57. The first-order valence-corrected chi connectivity index (χ1v) is 10.9. The van der Waals surface area contributed by atoms with E-state index in [0.29, 0.717) is 0 Å². The van der Waals surface area contributed by atoms with Gasteiger partial charge in [0.05, 0.1) is 9.75 Å². The average molecular weight is 415 g/mol. The van der Waals surface area contributed by atoms with E-state index in [-0.39, 0.29) is 11.7 Å². The SMILES string of the molecule is N=C(N)c1ccc(-c2ccc(-c3ccc(-c4ccc(C(=N)N)s4)s3)s2)s1. The first kappa shape index (κ1) is 17.2. The Hall–Kier alpha value is -2.26. The normalized spacial score (nSPS) is 10.9. The molecule has 0 fully saturated rings. The molecular formula is C18H14N4S4. The smallest absolute Gasteiger partial charge is 0.133 e. The predicted octanol–water partition coefficient (Wildman–Crippen LogP) is 5.50. The molecular weight excluding hydrogens is 400 g/mol. The van der Waals surface area contributed by atoms with Crippen molar-refractivity contribution in [3.05, 3.63) is 58.3 Å². The Morgan fingerprint density at radius 1 is 0.500 bits per heavy atom. The van der Waals surface area contributed by atoms with Crippen LogP contribution in [0.5, 0.6) is 0 Å². The summed E-state index contributed by atoms with van der Waals surface area (Å²) in [6.07, 6.45) is 0. The Balaban J connectivity index is 1.60. The topological polar surface area (TPSA) is 99.7 Å². The van der Waals surface area contributed by atoms with Gasteiger partial charge in [0.2, 0.25) is 0 Å². The van der Waals surface area contributed by atoms with Crippen LogP contribution in [0.25, 0.3) is 29.3 Å². The molecule has 4 nitrogen and oxygen atoms in total. The number of hydrogen-bond acceptors (Lipinski definition) is 6. The van der Waals surface area contributed by atoms with E-state index in [9.17, 15) is 0 Å². The van der Waals surface area contributed by atoms with E-state index in [2.05, 4.69) is 24.3 Å². The fourth-order valence-corrected chi connectivity index (χ4v) is 6.45. The largest absolute Gasteiger partial charge is 0.383 e. The summed E-state index contributed by atoms with van der Waals surface area (Å²) in [5, 5.41) is 15.1. The number of thiophene rings is 4. The Morgan fingerprint density at radius 3 is 1.04 bits per heavy atom. The van der Waals surface area contributed by atoms with Crippen LogP contribution in [0.15, 0.2) is 48.5 Å². The first-order valence-electron chi connectivity index (χ1n) is 7.60. The van der Waals surface area contributed by atoms with Crippen molar-refractivity contribution in [3.63, 3.8) is 0 Å². The highest BCUT2D eigenvalue weighted by Gasteiger charge is 2.12. The van der Waals surface area contributed by atoms with Crippen molar-refractivity contribution in [3.8, 4) is 29.3 Å². The Kier molecular flexibility index (Phi) is 4.49. The molecule has 0 atom stereocenters. The van der Waals surface area contributed by atoms with Gasteiger partial charge in [-0.2, -0.15) is 0 Å². The minimum atomic E-state index is 0.113. The Labute approximate surface area is 166 Å². The van der Waals surface area contributed by atoms with Gasteiger partial charge in [-0.3, -0.25) is 10.8 Å². The zero-order chi connectivity index (χ0) is 18.3. The van der Waals surface area contributed by atoms with E-state index in [1.54, 1.807) is 45.3 Å². The molecule has 0 aliphatic carbocycles. The monoisotopic (exact) mass is 414 g/mol. The minimum Gasteiger partial charge on any atom is -0.383 e. The summed E-state index contributed by atoms with van der Waals surface area (Å²) in [6.45, 7) is 0. The van der Waals surface area contributed by atoms with E-state index in [4.69, 9.17) is 22.3 Å². The molecule has 0 saturated carbocycles. The van der Waals surface area contributed by atoms with Crippen LogP contribution in [0.1, 0.15) is 9.75 Å². The minimum absolute atomic E-state index is 0.113. The fraction of sp³-hybridized carbons (Fsp3) is 0. The van der Waals surface area contributed by atoms with Gasteiger partial charge in [0, 0.05) is 29.3 Å². The van der Waals surface area contributed by atoms with Crippen molar-refractivity contribution >= 4 is 57.0 Å². The number of nitrogen functional groups attached to an aromatic ring is 2. The number of nitrogens with one attached hydrogen (secondary N) is 2. The third-order valence-corrected chi connectivity index (χ3v) is 8.68. The second-order valence-corrected chi connectivity index (χ2v) is 9.82. The standard InChI is InChI=1S/C18H14N4S4/c19-17(20)15-7-5-13(25-15)11-3-1-9(23-11)10-2-4-12(24-10)14-6-8-16(26-14)18(21)22/h1-8H,(H3,19,20)(H3,21,22). The Bertz CT molecular complexity index is 1020. The van der Waals surface area contributed by atoms with E-state index >= 15 is 0 Å². The maximum Gasteiger partial charge on any atom is 0.133 e. The Morgan fingerprint density at radius 2 is 0.769 bits per heavy atom. The second kappa shape index (κ2) is 6.81. The third-order valence-electron chi connectivity index (χ3n) is 3.68. The highest BCUT2D eigenvalue weighted by molar-refractivity contribution is 7.29. The molecule has 4 aromatic heterocycles. The number of nitrogens with two attached hydrogens (primary N) is 2.